The lowest BCUT2D eigenvalue weighted by Gasteiger charge is -2.31. The number of hydrogen-bond donors (Lipinski definition) is 2. The van der Waals surface area contributed by atoms with Crippen LogP contribution in [0.2, 0.25) is 0 Å². The van der Waals surface area contributed by atoms with Gasteiger partial charge in [-0.2, -0.15) is 0 Å². The third-order valence-electron chi connectivity index (χ3n) is 3.96. The first-order chi connectivity index (χ1) is 10.6. The molecule has 0 amide bonds. The van der Waals surface area contributed by atoms with Crippen LogP contribution in [0.5, 0.6) is 5.75 Å². The van der Waals surface area contributed by atoms with E-state index in [2.05, 4.69) is 36.1 Å². The molecule has 2 N–H and O–H groups in total. The van der Waals surface area contributed by atoms with Crippen LogP contribution in [0.4, 0.5) is 5.69 Å². The maximum absolute atomic E-state index is 11.2. The first-order valence-corrected chi connectivity index (χ1v) is 7.16. The van der Waals surface area contributed by atoms with Crippen LogP contribution in [0.15, 0.2) is 60.7 Å². The maximum atomic E-state index is 11.2. The summed E-state index contributed by atoms with van der Waals surface area (Å²) in [6.07, 6.45) is 4.22. The molecule has 0 radical (unpaired) electrons. The van der Waals surface area contributed by atoms with Crippen LogP contribution in [0.25, 0.3) is 0 Å². The van der Waals surface area contributed by atoms with Gasteiger partial charge in [-0.3, -0.25) is 0 Å². The highest BCUT2D eigenvalue weighted by Crippen LogP contribution is 2.36. The fraction of sp³-hybridized carbons (Fsp3) is 0.167. The standard InChI is InChI=1S/C18H17NO3/c1-12-7-9-16(13-5-3-2-4-6-13)19(12)14-8-10-17(20)15(11-14)18(21)22/h2-12,16,20H,1H3,(H,21,22). The number of phenols is 1. The van der Waals surface area contributed by atoms with Gasteiger partial charge in [-0.1, -0.05) is 42.5 Å². The zero-order valence-electron chi connectivity index (χ0n) is 12.2. The van der Waals surface area contributed by atoms with Gasteiger partial charge < -0.3 is 15.1 Å². The summed E-state index contributed by atoms with van der Waals surface area (Å²) in [5.74, 6) is -1.34. The Morgan fingerprint density at radius 2 is 1.82 bits per heavy atom. The number of carbonyl (C=O) groups is 1. The van der Waals surface area contributed by atoms with Crippen molar-refractivity contribution in [2.24, 2.45) is 0 Å². The van der Waals surface area contributed by atoms with Crippen molar-refractivity contribution in [1.82, 2.24) is 0 Å². The van der Waals surface area contributed by atoms with E-state index in [1.54, 1.807) is 6.07 Å². The van der Waals surface area contributed by atoms with Gasteiger partial charge in [0.25, 0.3) is 0 Å². The minimum Gasteiger partial charge on any atom is -0.507 e. The summed E-state index contributed by atoms with van der Waals surface area (Å²) in [5, 5.41) is 18.9. The Balaban J connectivity index is 2.02. The number of carboxylic acid groups (broad SMARTS) is 1. The van der Waals surface area contributed by atoms with Crippen molar-refractivity contribution < 1.29 is 15.0 Å². The lowest BCUT2D eigenvalue weighted by molar-refractivity contribution is 0.0693. The molecule has 0 saturated heterocycles. The van der Waals surface area contributed by atoms with Crippen molar-refractivity contribution in [2.45, 2.75) is 19.0 Å². The summed E-state index contributed by atoms with van der Waals surface area (Å²) < 4.78 is 0. The number of anilines is 1. The zero-order valence-corrected chi connectivity index (χ0v) is 12.2. The van der Waals surface area contributed by atoms with Crippen LogP contribution < -0.4 is 4.90 Å². The SMILES string of the molecule is CC1C=CC(c2ccccc2)N1c1ccc(O)c(C(=O)O)c1. The molecule has 0 aromatic heterocycles. The van der Waals surface area contributed by atoms with E-state index in [9.17, 15) is 15.0 Å². The molecule has 22 heavy (non-hydrogen) atoms. The molecular weight excluding hydrogens is 278 g/mol. The number of benzene rings is 2. The van der Waals surface area contributed by atoms with Crippen LogP contribution in [0.1, 0.15) is 28.9 Å². The van der Waals surface area contributed by atoms with E-state index in [1.165, 1.54) is 12.1 Å². The summed E-state index contributed by atoms with van der Waals surface area (Å²) in [4.78, 5) is 13.4. The van der Waals surface area contributed by atoms with Gasteiger partial charge in [-0.05, 0) is 30.7 Å². The van der Waals surface area contributed by atoms with Gasteiger partial charge in [0.05, 0.1) is 6.04 Å². The van der Waals surface area contributed by atoms with E-state index in [-0.39, 0.29) is 23.4 Å². The second kappa shape index (κ2) is 5.56. The fourth-order valence-electron chi connectivity index (χ4n) is 2.88. The lowest BCUT2D eigenvalue weighted by Crippen LogP contribution is -2.30. The number of rotatable bonds is 3. The maximum Gasteiger partial charge on any atom is 0.339 e. The van der Waals surface area contributed by atoms with Gasteiger partial charge >= 0.3 is 5.97 Å². The summed E-state index contributed by atoms with van der Waals surface area (Å²) in [6, 6.07) is 15.0. The van der Waals surface area contributed by atoms with Crippen molar-refractivity contribution in [3.05, 3.63) is 71.8 Å². The quantitative estimate of drug-likeness (QED) is 0.849. The highest BCUT2D eigenvalue weighted by Gasteiger charge is 2.28. The lowest BCUT2D eigenvalue weighted by atomic mass is 10.1. The van der Waals surface area contributed by atoms with Crippen LogP contribution in [-0.2, 0) is 0 Å². The topological polar surface area (TPSA) is 60.8 Å². The molecule has 112 valence electrons. The minimum atomic E-state index is -1.13. The Bertz CT molecular complexity index is 724. The molecule has 0 aliphatic carbocycles. The largest absolute Gasteiger partial charge is 0.507 e. The van der Waals surface area contributed by atoms with Gasteiger partial charge in [0.1, 0.15) is 11.3 Å². The number of hydrogen-bond acceptors (Lipinski definition) is 3. The van der Waals surface area contributed by atoms with E-state index in [0.717, 1.165) is 11.3 Å². The number of aromatic carboxylic acids is 1. The van der Waals surface area contributed by atoms with Crippen molar-refractivity contribution in [3.8, 4) is 5.75 Å². The first kappa shape index (κ1) is 14.2. The highest BCUT2D eigenvalue weighted by atomic mass is 16.4. The molecule has 3 rings (SSSR count). The molecule has 4 heteroatoms. The minimum absolute atomic E-state index is 0.0578. The summed E-state index contributed by atoms with van der Waals surface area (Å²) in [5.41, 5.74) is 1.85. The normalized spacial score (nSPS) is 20.3. The van der Waals surface area contributed by atoms with Gasteiger partial charge in [0, 0.05) is 11.7 Å². The molecule has 1 aliphatic rings. The van der Waals surface area contributed by atoms with Gasteiger partial charge in [0.15, 0.2) is 0 Å². The summed E-state index contributed by atoms with van der Waals surface area (Å²) in [6.45, 7) is 2.06. The molecular formula is C18H17NO3. The van der Waals surface area contributed by atoms with Crippen molar-refractivity contribution in [3.63, 3.8) is 0 Å². The molecule has 4 nitrogen and oxygen atoms in total. The average molecular weight is 295 g/mol. The molecule has 0 saturated carbocycles. The van der Waals surface area contributed by atoms with E-state index < -0.39 is 5.97 Å². The van der Waals surface area contributed by atoms with E-state index >= 15 is 0 Å². The van der Waals surface area contributed by atoms with Crippen LogP contribution in [0, 0.1) is 0 Å². The second-order valence-electron chi connectivity index (χ2n) is 5.39. The van der Waals surface area contributed by atoms with Crippen molar-refractivity contribution >= 4 is 11.7 Å². The molecule has 2 unspecified atom stereocenters. The smallest absolute Gasteiger partial charge is 0.339 e. The molecule has 2 atom stereocenters. The van der Waals surface area contributed by atoms with E-state index in [0.29, 0.717) is 0 Å². The van der Waals surface area contributed by atoms with Crippen LogP contribution in [0.3, 0.4) is 0 Å². The Labute approximate surface area is 128 Å². The van der Waals surface area contributed by atoms with E-state index in [1.807, 2.05) is 18.2 Å². The predicted octanol–water partition coefficient (Wildman–Crippen LogP) is 3.60. The Morgan fingerprint density at radius 1 is 1.09 bits per heavy atom. The average Bonchev–Trinajstić information content (AvgIpc) is 2.90. The Morgan fingerprint density at radius 3 is 2.50 bits per heavy atom. The van der Waals surface area contributed by atoms with Gasteiger partial charge in [-0.15, -0.1) is 0 Å². The molecule has 1 aliphatic heterocycles. The highest BCUT2D eigenvalue weighted by molar-refractivity contribution is 5.92. The number of aromatic hydroxyl groups is 1. The van der Waals surface area contributed by atoms with Gasteiger partial charge in [-0.25, -0.2) is 4.79 Å². The Hall–Kier alpha value is -2.75. The van der Waals surface area contributed by atoms with E-state index in [4.69, 9.17) is 0 Å². The number of nitrogens with zero attached hydrogens (tertiary/aromatic N) is 1. The first-order valence-electron chi connectivity index (χ1n) is 7.16. The molecule has 2 aromatic carbocycles. The number of carboxylic acids is 1. The van der Waals surface area contributed by atoms with Crippen LogP contribution >= 0.6 is 0 Å². The monoisotopic (exact) mass is 295 g/mol. The summed E-state index contributed by atoms with van der Waals surface area (Å²) >= 11 is 0. The molecule has 0 bridgehead atoms. The predicted molar refractivity (Wildman–Crippen MR) is 85.3 cm³/mol. The fourth-order valence-corrected chi connectivity index (χ4v) is 2.88. The third kappa shape index (κ3) is 2.44. The molecule has 1 heterocycles. The second-order valence-corrected chi connectivity index (χ2v) is 5.39. The van der Waals surface area contributed by atoms with Crippen LogP contribution in [-0.4, -0.2) is 22.2 Å². The molecule has 2 aromatic rings. The Kier molecular flexibility index (Phi) is 3.59. The molecule has 0 spiro atoms. The summed E-state index contributed by atoms with van der Waals surface area (Å²) in [7, 11) is 0. The zero-order chi connectivity index (χ0) is 15.7. The third-order valence-corrected chi connectivity index (χ3v) is 3.96. The molecule has 0 fully saturated rings. The van der Waals surface area contributed by atoms with Gasteiger partial charge in [0.2, 0.25) is 0 Å². The van der Waals surface area contributed by atoms with Crippen molar-refractivity contribution in [2.75, 3.05) is 4.90 Å². The van der Waals surface area contributed by atoms with Crippen molar-refractivity contribution in [1.29, 1.82) is 0 Å².